The summed E-state index contributed by atoms with van der Waals surface area (Å²) in [5.41, 5.74) is 0.788. The zero-order chi connectivity index (χ0) is 14.6. The molecule has 2 nitrogen and oxygen atoms in total. The summed E-state index contributed by atoms with van der Waals surface area (Å²) < 4.78 is 0. The highest BCUT2D eigenvalue weighted by Crippen LogP contribution is 2.26. The van der Waals surface area contributed by atoms with Crippen LogP contribution in [-0.2, 0) is 10.5 Å². The maximum absolute atomic E-state index is 11.9. The van der Waals surface area contributed by atoms with Crippen LogP contribution in [0.15, 0.2) is 18.2 Å². The van der Waals surface area contributed by atoms with Gasteiger partial charge in [-0.25, -0.2) is 0 Å². The van der Waals surface area contributed by atoms with E-state index in [1.807, 2.05) is 39.8 Å². The summed E-state index contributed by atoms with van der Waals surface area (Å²) in [6.45, 7) is 7.81. The van der Waals surface area contributed by atoms with Gasteiger partial charge in [-0.3, -0.25) is 4.79 Å². The number of carbonyl (C=O) groups excluding carboxylic acids is 1. The van der Waals surface area contributed by atoms with Gasteiger partial charge in [-0.05, 0) is 45.4 Å². The molecule has 5 heteroatoms. The molecular weight excluding hydrogens is 301 g/mol. The second-order valence-electron chi connectivity index (χ2n) is 5.43. The number of halogens is 2. The minimum atomic E-state index is -0.205. The van der Waals surface area contributed by atoms with E-state index in [9.17, 15) is 4.79 Å². The van der Waals surface area contributed by atoms with Crippen LogP contribution in [-0.4, -0.2) is 16.7 Å². The average Bonchev–Trinajstić information content (AvgIpc) is 2.25. The van der Waals surface area contributed by atoms with Crippen molar-refractivity contribution in [3.63, 3.8) is 0 Å². The van der Waals surface area contributed by atoms with Gasteiger partial charge >= 0.3 is 0 Å². The van der Waals surface area contributed by atoms with Crippen molar-refractivity contribution in [2.75, 3.05) is 0 Å². The predicted molar refractivity (Wildman–Crippen MR) is 85.1 cm³/mol. The second kappa shape index (κ2) is 6.87. The largest absolute Gasteiger partial charge is 0.351 e. The third-order valence-corrected chi connectivity index (χ3v) is 4.15. The molecule has 0 aliphatic rings. The maximum Gasteiger partial charge on any atom is 0.233 e. The molecule has 0 fully saturated rings. The number of carbonyl (C=O) groups is 1. The third kappa shape index (κ3) is 6.07. The van der Waals surface area contributed by atoms with Crippen molar-refractivity contribution in [2.24, 2.45) is 0 Å². The molecule has 1 aromatic rings. The van der Waals surface area contributed by atoms with E-state index < -0.39 is 0 Å². The van der Waals surface area contributed by atoms with Crippen LogP contribution in [0.1, 0.15) is 33.3 Å². The van der Waals surface area contributed by atoms with Crippen molar-refractivity contribution in [3.05, 3.63) is 33.8 Å². The molecule has 1 amide bonds. The summed E-state index contributed by atoms with van der Waals surface area (Å²) >= 11 is 13.5. The van der Waals surface area contributed by atoms with E-state index in [0.717, 1.165) is 5.56 Å². The molecule has 0 radical (unpaired) electrons. The Hall–Kier alpha value is -0.380. The van der Waals surface area contributed by atoms with Gasteiger partial charge in [-0.2, -0.15) is 0 Å². The molecule has 1 atom stereocenters. The Morgan fingerprint density at radius 2 is 2.00 bits per heavy atom. The summed E-state index contributed by atoms with van der Waals surface area (Å²) in [4.78, 5) is 11.9. The molecule has 106 valence electrons. The summed E-state index contributed by atoms with van der Waals surface area (Å²) in [7, 11) is 0. The highest BCUT2D eigenvalue weighted by Gasteiger charge is 2.19. The Morgan fingerprint density at radius 3 is 2.53 bits per heavy atom. The van der Waals surface area contributed by atoms with Gasteiger partial charge in [-0.1, -0.05) is 29.3 Å². The Morgan fingerprint density at radius 1 is 1.37 bits per heavy atom. The maximum atomic E-state index is 11.9. The van der Waals surface area contributed by atoms with E-state index in [1.54, 1.807) is 17.8 Å². The van der Waals surface area contributed by atoms with E-state index >= 15 is 0 Å². The Labute approximate surface area is 129 Å². The fourth-order valence-electron chi connectivity index (χ4n) is 1.40. The third-order valence-electron chi connectivity index (χ3n) is 2.37. The first kappa shape index (κ1) is 16.7. The summed E-state index contributed by atoms with van der Waals surface area (Å²) in [6.07, 6.45) is 0. The molecule has 19 heavy (non-hydrogen) atoms. The van der Waals surface area contributed by atoms with Gasteiger partial charge in [0.2, 0.25) is 5.91 Å². The first-order chi connectivity index (χ1) is 8.69. The fraction of sp³-hybridized carbons (Fsp3) is 0.500. The standard InChI is InChI=1S/C14H19Cl2NOS/c1-9(13(18)17-14(2,3)4)19-8-10-5-6-11(15)7-12(10)16/h5-7,9H,8H2,1-4H3,(H,17,18)/t9-/m1/s1. The van der Waals surface area contributed by atoms with E-state index in [2.05, 4.69) is 5.32 Å². The molecule has 1 rings (SSSR count). The van der Waals surface area contributed by atoms with Crippen molar-refractivity contribution in [3.8, 4) is 0 Å². The van der Waals surface area contributed by atoms with Crippen LogP contribution in [0.3, 0.4) is 0 Å². The fourth-order valence-corrected chi connectivity index (χ4v) is 2.85. The number of amides is 1. The highest BCUT2D eigenvalue weighted by molar-refractivity contribution is 7.99. The van der Waals surface area contributed by atoms with Crippen LogP contribution in [0.5, 0.6) is 0 Å². The Balaban J connectivity index is 2.54. The number of nitrogens with one attached hydrogen (secondary N) is 1. The van der Waals surface area contributed by atoms with E-state index in [4.69, 9.17) is 23.2 Å². The van der Waals surface area contributed by atoms with Crippen molar-refractivity contribution >= 4 is 40.9 Å². The van der Waals surface area contributed by atoms with Crippen LogP contribution in [0, 0.1) is 0 Å². The summed E-state index contributed by atoms with van der Waals surface area (Å²) in [5, 5.41) is 4.11. The van der Waals surface area contributed by atoms with Gasteiger partial charge in [0.25, 0.3) is 0 Å². The van der Waals surface area contributed by atoms with Gasteiger partial charge < -0.3 is 5.32 Å². The van der Waals surface area contributed by atoms with Gasteiger partial charge in [0, 0.05) is 21.3 Å². The monoisotopic (exact) mass is 319 g/mol. The lowest BCUT2D eigenvalue weighted by Gasteiger charge is -2.23. The summed E-state index contributed by atoms with van der Waals surface area (Å²) in [5.74, 6) is 0.733. The molecular formula is C14H19Cl2NOS. The van der Waals surface area contributed by atoms with E-state index in [-0.39, 0.29) is 16.7 Å². The van der Waals surface area contributed by atoms with Gasteiger partial charge in [0.15, 0.2) is 0 Å². The summed E-state index contributed by atoms with van der Waals surface area (Å²) in [6, 6.07) is 5.42. The molecule has 0 aromatic heterocycles. The molecule has 1 N–H and O–H groups in total. The molecule has 0 saturated carbocycles. The highest BCUT2D eigenvalue weighted by atomic mass is 35.5. The average molecular weight is 320 g/mol. The zero-order valence-electron chi connectivity index (χ0n) is 11.6. The quantitative estimate of drug-likeness (QED) is 0.883. The lowest BCUT2D eigenvalue weighted by molar-refractivity contribution is -0.121. The van der Waals surface area contributed by atoms with E-state index in [1.165, 1.54) is 0 Å². The lowest BCUT2D eigenvalue weighted by atomic mass is 10.1. The van der Waals surface area contributed by atoms with Crippen LogP contribution >= 0.6 is 35.0 Å². The minimum absolute atomic E-state index is 0.0441. The number of rotatable bonds is 4. The SMILES string of the molecule is C[C@@H](SCc1ccc(Cl)cc1Cl)C(=O)NC(C)(C)C. The van der Waals surface area contributed by atoms with E-state index in [0.29, 0.717) is 15.8 Å². The van der Waals surface area contributed by atoms with Gasteiger partial charge in [0.1, 0.15) is 0 Å². The Bertz CT molecular complexity index is 457. The number of hydrogen-bond acceptors (Lipinski definition) is 2. The van der Waals surface area contributed by atoms with Crippen LogP contribution in [0.2, 0.25) is 10.0 Å². The Kier molecular flexibility index (Phi) is 6.03. The van der Waals surface area contributed by atoms with Crippen LogP contribution in [0.25, 0.3) is 0 Å². The lowest BCUT2D eigenvalue weighted by Crippen LogP contribution is -2.44. The van der Waals surface area contributed by atoms with Crippen molar-refractivity contribution in [2.45, 2.75) is 44.2 Å². The van der Waals surface area contributed by atoms with Crippen molar-refractivity contribution in [1.82, 2.24) is 5.32 Å². The van der Waals surface area contributed by atoms with Crippen molar-refractivity contribution in [1.29, 1.82) is 0 Å². The smallest absolute Gasteiger partial charge is 0.233 e. The van der Waals surface area contributed by atoms with Gasteiger partial charge in [-0.15, -0.1) is 11.8 Å². The number of thioether (sulfide) groups is 1. The number of benzene rings is 1. The molecule has 0 bridgehead atoms. The molecule has 0 unspecified atom stereocenters. The van der Waals surface area contributed by atoms with Crippen LogP contribution in [0.4, 0.5) is 0 Å². The first-order valence-electron chi connectivity index (χ1n) is 6.06. The molecule has 0 heterocycles. The second-order valence-corrected chi connectivity index (χ2v) is 7.60. The van der Waals surface area contributed by atoms with Gasteiger partial charge in [0.05, 0.1) is 5.25 Å². The topological polar surface area (TPSA) is 29.1 Å². The molecule has 0 aliphatic carbocycles. The van der Waals surface area contributed by atoms with Crippen LogP contribution < -0.4 is 5.32 Å². The first-order valence-corrected chi connectivity index (χ1v) is 7.87. The molecule has 0 saturated heterocycles. The zero-order valence-corrected chi connectivity index (χ0v) is 13.9. The molecule has 1 aromatic carbocycles. The number of hydrogen-bond donors (Lipinski definition) is 1. The molecule has 0 aliphatic heterocycles. The normalized spacial score (nSPS) is 13.2. The predicted octanol–water partition coefficient (Wildman–Crippen LogP) is 4.53. The molecule has 0 spiro atoms. The minimum Gasteiger partial charge on any atom is -0.351 e. The van der Waals surface area contributed by atoms with Crippen molar-refractivity contribution < 1.29 is 4.79 Å².